The van der Waals surface area contributed by atoms with Crippen molar-refractivity contribution in [1.82, 2.24) is 4.98 Å². The fourth-order valence-corrected chi connectivity index (χ4v) is 2.76. The molecule has 1 amide bonds. The second-order valence-electron chi connectivity index (χ2n) is 7.25. The van der Waals surface area contributed by atoms with Crippen molar-refractivity contribution < 1.29 is 9.53 Å². The zero-order chi connectivity index (χ0) is 19.3. The molecule has 0 spiro atoms. The van der Waals surface area contributed by atoms with Gasteiger partial charge in [0.2, 0.25) is 0 Å². The van der Waals surface area contributed by atoms with Crippen molar-refractivity contribution in [2.24, 2.45) is 0 Å². The molecule has 0 saturated carbocycles. The highest BCUT2D eigenvalue weighted by Gasteiger charge is 2.25. The topological polar surface area (TPSA) is 42.4 Å². The van der Waals surface area contributed by atoms with E-state index < -0.39 is 5.60 Å². The number of aromatic nitrogens is 1. The lowest BCUT2D eigenvalue weighted by atomic mass is 10.1. The van der Waals surface area contributed by atoms with E-state index in [4.69, 9.17) is 4.74 Å². The first-order chi connectivity index (χ1) is 12.9. The van der Waals surface area contributed by atoms with Crippen molar-refractivity contribution in [2.75, 3.05) is 11.4 Å². The molecule has 1 aromatic heterocycles. The number of pyridine rings is 1. The third-order valence-corrected chi connectivity index (χ3v) is 3.94. The van der Waals surface area contributed by atoms with Gasteiger partial charge in [-0.25, -0.2) is 4.79 Å². The van der Waals surface area contributed by atoms with Gasteiger partial charge in [0, 0.05) is 18.1 Å². The number of carbonyl (C=O) groups is 1. The number of amides is 1. The molecule has 0 radical (unpaired) electrons. The van der Waals surface area contributed by atoms with E-state index in [0.717, 1.165) is 16.8 Å². The molecule has 2 heterocycles. The molecule has 0 unspecified atom stereocenters. The number of hydrogen-bond acceptors (Lipinski definition) is 3. The molecule has 27 heavy (non-hydrogen) atoms. The first kappa shape index (κ1) is 18.6. The van der Waals surface area contributed by atoms with Gasteiger partial charge in [-0.2, -0.15) is 0 Å². The van der Waals surface area contributed by atoms with Gasteiger partial charge in [0.05, 0.1) is 11.2 Å². The molecule has 0 fully saturated rings. The summed E-state index contributed by atoms with van der Waals surface area (Å²) in [6.07, 6.45) is 5.50. The zero-order valence-corrected chi connectivity index (χ0v) is 15.9. The number of para-hydroxylation sites is 2. The molecular weight excluding hydrogens is 336 g/mol. The summed E-state index contributed by atoms with van der Waals surface area (Å²) < 4.78 is 5.39. The Bertz CT molecular complexity index is 892. The predicted molar refractivity (Wildman–Crippen MR) is 111 cm³/mol. The summed E-state index contributed by atoms with van der Waals surface area (Å²) in [5.74, 6) is 0. The number of hydrogen-bond donors (Lipinski definition) is 0. The van der Waals surface area contributed by atoms with E-state index in [9.17, 15) is 4.79 Å². The Hall–Kier alpha value is -3.14. The van der Waals surface area contributed by atoms with Crippen LogP contribution in [0.4, 0.5) is 10.5 Å². The van der Waals surface area contributed by atoms with Gasteiger partial charge in [-0.15, -0.1) is 0 Å². The first-order valence-corrected chi connectivity index (χ1v) is 9.00. The number of ether oxygens (including phenoxy) is 1. The van der Waals surface area contributed by atoms with E-state index in [1.54, 1.807) is 4.90 Å². The molecule has 0 aliphatic carbocycles. The molecule has 2 aromatic carbocycles. The van der Waals surface area contributed by atoms with Crippen LogP contribution >= 0.6 is 0 Å². The molecule has 0 saturated heterocycles. The molecule has 1 aliphatic heterocycles. The second-order valence-corrected chi connectivity index (χ2v) is 7.25. The summed E-state index contributed by atoms with van der Waals surface area (Å²) >= 11 is 0. The highest BCUT2D eigenvalue weighted by atomic mass is 16.6. The van der Waals surface area contributed by atoms with Gasteiger partial charge in [0.25, 0.3) is 0 Å². The molecule has 138 valence electrons. The van der Waals surface area contributed by atoms with Crippen LogP contribution in [0.2, 0.25) is 0 Å². The van der Waals surface area contributed by atoms with Crippen molar-refractivity contribution >= 4 is 28.8 Å². The van der Waals surface area contributed by atoms with Crippen LogP contribution in [0.1, 0.15) is 26.3 Å². The molecule has 1 aliphatic rings. The van der Waals surface area contributed by atoms with Gasteiger partial charge in [-0.1, -0.05) is 54.6 Å². The lowest BCUT2D eigenvalue weighted by molar-refractivity contribution is 0.0584. The predicted octanol–water partition coefficient (Wildman–Crippen LogP) is 5.69. The maximum atomic E-state index is 12.0. The Kier molecular flexibility index (Phi) is 5.55. The molecule has 4 rings (SSSR count). The van der Waals surface area contributed by atoms with Crippen molar-refractivity contribution in [2.45, 2.75) is 26.4 Å². The van der Waals surface area contributed by atoms with Crippen LogP contribution in [0.25, 0.3) is 17.0 Å². The van der Waals surface area contributed by atoms with Crippen LogP contribution in [0, 0.1) is 0 Å². The first-order valence-electron chi connectivity index (χ1n) is 9.00. The van der Waals surface area contributed by atoms with Gasteiger partial charge < -0.3 is 4.74 Å². The summed E-state index contributed by atoms with van der Waals surface area (Å²) in [6.45, 7) is 6.18. The van der Waals surface area contributed by atoms with Crippen molar-refractivity contribution in [3.8, 4) is 0 Å². The zero-order valence-electron chi connectivity index (χ0n) is 15.9. The third-order valence-electron chi connectivity index (χ3n) is 3.94. The van der Waals surface area contributed by atoms with Crippen molar-refractivity contribution in [3.05, 3.63) is 78.5 Å². The lowest BCUT2D eigenvalue weighted by Crippen LogP contribution is -2.38. The number of carbonyl (C=O) groups excluding carboxylic acids is 1. The Morgan fingerprint density at radius 1 is 1.00 bits per heavy atom. The van der Waals surface area contributed by atoms with Crippen LogP contribution < -0.4 is 4.90 Å². The quantitative estimate of drug-likeness (QED) is 0.517. The van der Waals surface area contributed by atoms with Crippen LogP contribution in [0.15, 0.2) is 72.9 Å². The van der Waals surface area contributed by atoms with E-state index in [2.05, 4.69) is 17.1 Å². The summed E-state index contributed by atoms with van der Waals surface area (Å²) in [7, 11) is 0. The maximum Gasteiger partial charge on any atom is 0.415 e. The summed E-state index contributed by atoms with van der Waals surface area (Å²) in [6, 6.07) is 19.9. The van der Waals surface area contributed by atoms with Gasteiger partial charge in [0.1, 0.15) is 5.60 Å². The van der Waals surface area contributed by atoms with E-state index >= 15 is 0 Å². The third kappa shape index (κ3) is 4.94. The average Bonchev–Trinajstić information content (AvgIpc) is 2.67. The van der Waals surface area contributed by atoms with Crippen molar-refractivity contribution in [3.63, 3.8) is 0 Å². The monoisotopic (exact) mass is 360 g/mol. The van der Waals surface area contributed by atoms with Crippen LogP contribution in [0.3, 0.4) is 0 Å². The standard InChI is InChI=1S/C14H17NO2.C9H7N/c1-14(2,3)17-13(16)15-10-6-8-11-7-4-5-9-12(11)15;1-2-6-9-8(4-1)5-3-7-10-9/h4-9H,10H2,1-3H3;1-7H. The fourth-order valence-electron chi connectivity index (χ4n) is 2.76. The van der Waals surface area contributed by atoms with Crippen LogP contribution in [0.5, 0.6) is 0 Å². The maximum absolute atomic E-state index is 12.0. The number of anilines is 1. The number of benzene rings is 2. The lowest BCUT2D eigenvalue weighted by Gasteiger charge is -2.29. The fraction of sp³-hybridized carbons (Fsp3) is 0.217. The van der Waals surface area contributed by atoms with E-state index in [1.807, 2.05) is 87.7 Å². The average molecular weight is 360 g/mol. The molecule has 3 aromatic rings. The van der Waals surface area contributed by atoms with E-state index in [1.165, 1.54) is 5.39 Å². The highest BCUT2D eigenvalue weighted by molar-refractivity contribution is 5.92. The van der Waals surface area contributed by atoms with Crippen LogP contribution in [-0.2, 0) is 4.74 Å². The number of fused-ring (bicyclic) bond motifs is 2. The Morgan fingerprint density at radius 3 is 2.48 bits per heavy atom. The molecular formula is C23H24N2O2. The smallest absolute Gasteiger partial charge is 0.415 e. The minimum atomic E-state index is -0.465. The number of nitrogens with zero attached hydrogens (tertiary/aromatic N) is 2. The molecule has 4 nitrogen and oxygen atoms in total. The van der Waals surface area contributed by atoms with Crippen molar-refractivity contribution in [1.29, 1.82) is 0 Å². The molecule has 0 N–H and O–H groups in total. The SMILES string of the molecule is CC(C)(C)OC(=O)N1CC=Cc2ccccc21.c1ccc2ncccc2c1. The Morgan fingerprint density at radius 2 is 1.70 bits per heavy atom. The van der Waals surface area contributed by atoms with Gasteiger partial charge in [0.15, 0.2) is 0 Å². The van der Waals surface area contributed by atoms with Gasteiger partial charge in [-0.3, -0.25) is 9.88 Å². The minimum Gasteiger partial charge on any atom is -0.443 e. The van der Waals surface area contributed by atoms with Crippen LogP contribution in [-0.4, -0.2) is 23.2 Å². The second kappa shape index (κ2) is 8.04. The normalized spacial score (nSPS) is 12.8. The molecule has 0 atom stereocenters. The molecule has 4 heteroatoms. The van der Waals surface area contributed by atoms with E-state index in [-0.39, 0.29) is 6.09 Å². The molecule has 0 bridgehead atoms. The number of rotatable bonds is 0. The Labute approximate surface area is 160 Å². The largest absolute Gasteiger partial charge is 0.443 e. The van der Waals surface area contributed by atoms with Gasteiger partial charge >= 0.3 is 6.09 Å². The Balaban J connectivity index is 0.000000177. The highest BCUT2D eigenvalue weighted by Crippen LogP contribution is 2.26. The summed E-state index contributed by atoms with van der Waals surface area (Å²) in [5.41, 5.74) is 2.55. The van der Waals surface area contributed by atoms with Gasteiger partial charge in [-0.05, 0) is 44.5 Å². The minimum absolute atomic E-state index is 0.297. The summed E-state index contributed by atoms with van der Waals surface area (Å²) in [4.78, 5) is 17.9. The van der Waals surface area contributed by atoms with E-state index in [0.29, 0.717) is 6.54 Å². The summed E-state index contributed by atoms with van der Waals surface area (Å²) in [5, 5.41) is 1.20.